The van der Waals surface area contributed by atoms with E-state index in [1.807, 2.05) is 0 Å². The molecule has 0 aliphatic heterocycles. The van der Waals surface area contributed by atoms with Gasteiger partial charge in [-0.15, -0.1) is 0 Å². The Morgan fingerprint density at radius 2 is 1.54 bits per heavy atom. The summed E-state index contributed by atoms with van der Waals surface area (Å²) in [6, 6.07) is 0.537. The Labute approximate surface area is 213 Å². The molecule has 2 aliphatic rings. The van der Waals surface area contributed by atoms with E-state index in [4.69, 9.17) is 34.8 Å². The van der Waals surface area contributed by atoms with Crippen LogP contribution in [0.4, 0.5) is 26.3 Å². The van der Waals surface area contributed by atoms with Gasteiger partial charge in [-0.3, -0.25) is 9.59 Å². The van der Waals surface area contributed by atoms with Crippen LogP contribution < -0.4 is 10.6 Å². The van der Waals surface area contributed by atoms with Crippen molar-refractivity contribution in [3.63, 3.8) is 0 Å². The molecule has 0 heterocycles. The van der Waals surface area contributed by atoms with Gasteiger partial charge in [-0.1, -0.05) is 47.6 Å². The zero-order chi connectivity index (χ0) is 26.2. The molecule has 0 saturated heterocycles. The number of amides is 2. The van der Waals surface area contributed by atoms with Gasteiger partial charge in [0.25, 0.3) is 9.82 Å². The van der Waals surface area contributed by atoms with Crippen LogP contribution in [-0.2, 0) is 17.1 Å². The molecule has 0 radical (unpaired) electrons. The molecule has 2 N–H and O–H groups in total. The lowest BCUT2D eigenvalue weighted by atomic mass is 9.92. The fraction of sp³-hybridized carbons (Fsp3) is 0.636. The molecule has 2 fully saturated rings. The standard InChI is InChI=1S/C22H23Cl3F6N2O2/c23-22(24,25)33-17(34)4-3-12-2-1-6-19(7-5-12)11-16(19)32-18(35)13-8-14(20(26,27)28)10-15(9-13)21(29,30)31/h8-10,12,16H,1-7,11H2,(H,32,35)(H,33,34)/t12?,16-,19?/m1/s1. The predicted molar refractivity (Wildman–Crippen MR) is 119 cm³/mol. The lowest BCUT2D eigenvalue weighted by Gasteiger charge is -2.18. The van der Waals surface area contributed by atoms with Gasteiger partial charge in [0.05, 0.1) is 11.1 Å². The number of nitrogens with one attached hydrogen (secondary N) is 2. The van der Waals surface area contributed by atoms with Gasteiger partial charge in [0, 0.05) is 18.0 Å². The van der Waals surface area contributed by atoms with Crippen molar-refractivity contribution in [1.82, 2.24) is 10.6 Å². The predicted octanol–water partition coefficient (Wildman–Crippen LogP) is 7.02. The molecule has 2 saturated carbocycles. The van der Waals surface area contributed by atoms with E-state index >= 15 is 0 Å². The number of alkyl halides is 9. The van der Waals surface area contributed by atoms with Crippen molar-refractivity contribution in [2.24, 2.45) is 11.3 Å². The fourth-order valence-corrected chi connectivity index (χ4v) is 5.10. The number of hydrogen-bond donors (Lipinski definition) is 2. The topological polar surface area (TPSA) is 58.2 Å². The minimum atomic E-state index is -5.02. The van der Waals surface area contributed by atoms with E-state index in [9.17, 15) is 35.9 Å². The van der Waals surface area contributed by atoms with Gasteiger partial charge in [-0.2, -0.15) is 26.3 Å². The van der Waals surface area contributed by atoms with E-state index in [-0.39, 0.29) is 35.8 Å². The summed E-state index contributed by atoms with van der Waals surface area (Å²) in [6.45, 7) is 0. The maximum absolute atomic E-state index is 13.1. The van der Waals surface area contributed by atoms with Crippen LogP contribution in [0.1, 0.15) is 72.9 Å². The average molecular weight is 568 g/mol. The number of benzene rings is 1. The molecule has 3 rings (SSSR count). The third kappa shape index (κ3) is 7.79. The quantitative estimate of drug-likeness (QED) is 0.228. The monoisotopic (exact) mass is 566 g/mol. The van der Waals surface area contributed by atoms with Crippen LogP contribution in [0.5, 0.6) is 0 Å². The van der Waals surface area contributed by atoms with Crippen LogP contribution >= 0.6 is 34.8 Å². The van der Waals surface area contributed by atoms with Crippen molar-refractivity contribution in [2.75, 3.05) is 0 Å². The third-order valence-electron chi connectivity index (χ3n) is 6.74. The Morgan fingerprint density at radius 3 is 2.09 bits per heavy atom. The summed E-state index contributed by atoms with van der Waals surface area (Å²) in [4.78, 5) is 24.5. The first-order valence-electron chi connectivity index (χ1n) is 11.0. The van der Waals surface area contributed by atoms with Gasteiger partial charge in [-0.05, 0) is 61.6 Å². The first-order chi connectivity index (χ1) is 16.0. The second-order valence-corrected chi connectivity index (χ2v) is 11.5. The van der Waals surface area contributed by atoms with Crippen LogP contribution in [0.2, 0.25) is 0 Å². The Bertz CT molecular complexity index is 932. The molecule has 196 valence electrons. The molecule has 3 atom stereocenters. The SMILES string of the molecule is O=C(CCC1CCCC2(CC1)C[C@H]2NC(=O)c1cc(C(F)(F)F)cc(C(F)(F)F)c1)NC(Cl)(Cl)Cl. The van der Waals surface area contributed by atoms with E-state index in [1.165, 1.54) is 0 Å². The van der Waals surface area contributed by atoms with Crippen molar-refractivity contribution < 1.29 is 35.9 Å². The van der Waals surface area contributed by atoms with Gasteiger partial charge in [0.1, 0.15) is 0 Å². The van der Waals surface area contributed by atoms with Gasteiger partial charge < -0.3 is 10.6 Å². The van der Waals surface area contributed by atoms with Gasteiger partial charge in [0.15, 0.2) is 0 Å². The minimum Gasteiger partial charge on any atom is -0.349 e. The summed E-state index contributed by atoms with van der Waals surface area (Å²) in [5.74, 6) is -1.11. The first kappa shape index (κ1) is 28.2. The van der Waals surface area contributed by atoms with Gasteiger partial charge in [0.2, 0.25) is 5.91 Å². The molecule has 4 nitrogen and oxygen atoms in total. The molecule has 35 heavy (non-hydrogen) atoms. The molecule has 1 spiro atoms. The molecule has 1 aromatic carbocycles. The molecular weight excluding hydrogens is 545 g/mol. The summed E-state index contributed by atoms with van der Waals surface area (Å²) in [5, 5.41) is 4.87. The van der Waals surface area contributed by atoms with Gasteiger partial charge >= 0.3 is 12.4 Å². The normalized spacial score (nSPS) is 25.2. The highest BCUT2D eigenvalue weighted by Crippen LogP contribution is 2.56. The maximum atomic E-state index is 13.1. The summed E-state index contributed by atoms with van der Waals surface area (Å²) < 4.78 is 76.7. The van der Waals surface area contributed by atoms with Crippen LogP contribution in [0.25, 0.3) is 0 Å². The van der Waals surface area contributed by atoms with Crippen LogP contribution in [0.15, 0.2) is 18.2 Å². The summed E-state index contributed by atoms with van der Waals surface area (Å²) >= 11 is 16.6. The summed E-state index contributed by atoms with van der Waals surface area (Å²) in [7, 11) is 0. The fourth-order valence-electron chi connectivity index (χ4n) is 4.78. The molecule has 2 unspecified atom stereocenters. The molecule has 1 aromatic rings. The maximum Gasteiger partial charge on any atom is 0.416 e. The van der Waals surface area contributed by atoms with E-state index < -0.39 is 38.9 Å². The second kappa shape index (κ2) is 10.2. The number of halogens is 9. The van der Waals surface area contributed by atoms with Crippen LogP contribution in [0, 0.1) is 11.3 Å². The van der Waals surface area contributed by atoms with E-state index in [2.05, 4.69) is 10.6 Å². The zero-order valence-electron chi connectivity index (χ0n) is 18.3. The van der Waals surface area contributed by atoms with Crippen LogP contribution in [0.3, 0.4) is 0 Å². The molecule has 13 heteroatoms. The smallest absolute Gasteiger partial charge is 0.349 e. The molecule has 2 aliphatic carbocycles. The highest BCUT2D eigenvalue weighted by Gasteiger charge is 2.54. The van der Waals surface area contributed by atoms with Crippen molar-refractivity contribution in [2.45, 2.75) is 73.7 Å². The molecule has 0 bridgehead atoms. The summed E-state index contributed by atoms with van der Waals surface area (Å²) in [6.07, 6.45) is -4.73. The van der Waals surface area contributed by atoms with E-state index in [0.29, 0.717) is 25.0 Å². The highest BCUT2D eigenvalue weighted by molar-refractivity contribution is 6.67. The Kier molecular flexibility index (Phi) is 8.19. The zero-order valence-corrected chi connectivity index (χ0v) is 20.5. The van der Waals surface area contributed by atoms with Crippen molar-refractivity contribution in [3.05, 3.63) is 34.9 Å². The lowest BCUT2D eigenvalue weighted by molar-refractivity contribution is -0.143. The molecule has 2 amide bonds. The van der Waals surface area contributed by atoms with Gasteiger partial charge in [-0.25, -0.2) is 0 Å². The largest absolute Gasteiger partial charge is 0.416 e. The van der Waals surface area contributed by atoms with E-state index in [0.717, 1.165) is 32.1 Å². The number of rotatable bonds is 5. The number of hydrogen-bond acceptors (Lipinski definition) is 2. The number of carbonyl (C=O) groups is 2. The Balaban J connectivity index is 1.60. The van der Waals surface area contributed by atoms with Crippen molar-refractivity contribution in [3.8, 4) is 0 Å². The van der Waals surface area contributed by atoms with Crippen LogP contribution in [-0.4, -0.2) is 21.8 Å². The van der Waals surface area contributed by atoms with Crippen molar-refractivity contribution >= 4 is 46.6 Å². The highest BCUT2D eigenvalue weighted by atomic mass is 35.6. The average Bonchev–Trinajstić information content (AvgIpc) is 3.43. The molecular formula is C22H23Cl3F6N2O2. The second-order valence-electron chi connectivity index (χ2n) is 9.27. The lowest BCUT2D eigenvalue weighted by Crippen LogP contribution is -2.34. The third-order valence-corrected chi connectivity index (χ3v) is 7.03. The summed E-state index contributed by atoms with van der Waals surface area (Å²) in [5.41, 5.74) is -3.97. The Hall–Kier alpha value is -1.39. The molecule has 0 aromatic heterocycles. The van der Waals surface area contributed by atoms with Crippen molar-refractivity contribution in [1.29, 1.82) is 0 Å². The minimum absolute atomic E-state index is 0.00545. The Morgan fingerprint density at radius 1 is 0.943 bits per heavy atom. The van der Waals surface area contributed by atoms with E-state index in [1.54, 1.807) is 0 Å². The number of carbonyl (C=O) groups excluding carboxylic acids is 2. The first-order valence-corrected chi connectivity index (χ1v) is 12.1.